The van der Waals surface area contributed by atoms with Crippen molar-refractivity contribution in [2.45, 2.75) is 40.2 Å². The van der Waals surface area contributed by atoms with Crippen LogP contribution in [0.1, 0.15) is 44.4 Å². The number of methoxy groups -OCH3 is 1. The fourth-order valence-corrected chi connectivity index (χ4v) is 1.70. The zero-order chi connectivity index (χ0) is 17.1. The van der Waals surface area contributed by atoms with Crippen LogP contribution in [-0.4, -0.2) is 36.5 Å². The molecule has 1 aromatic rings. The molecule has 22 heavy (non-hydrogen) atoms. The van der Waals surface area contributed by atoms with E-state index in [1.165, 1.54) is 13.5 Å². The molecule has 0 saturated heterocycles. The molecule has 0 fully saturated rings. The van der Waals surface area contributed by atoms with Gasteiger partial charge in [0.25, 0.3) is 0 Å². The molecule has 4 N–H and O–H groups in total. The second kappa shape index (κ2) is 10.7. The Morgan fingerprint density at radius 2 is 1.86 bits per heavy atom. The number of hydrogen-bond acceptors (Lipinski definition) is 5. The van der Waals surface area contributed by atoms with Crippen LogP contribution < -0.4 is 10.6 Å². The second-order valence-corrected chi connectivity index (χ2v) is 4.95. The fourth-order valence-electron chi connectivity index (χ4n) is 1.70. The predicted molar refractivity (Wildman–Crippen MR) is 87.3 cm³/mol. The van der Waals surface area contributed by atoms with Crippen LogP contribution >= 0.6 is 0 Å². The highest BCUT2D eigenvalue weighted by molar-refractivity contribution is 5.66. The molecule has 1 atom stereocenters. The van der Waals surface area contributed by atoms with Crippen LogP contribution in [0.2, 0.25) is 0 Å². The molecule has 0 aliphatic heterocycles. The van der Waals surface area contributed by atoms with Crippen molar-refractivity contribution >= 4 is 6.09 Å². The average Bonchev–Trinajstić information content (AvgIpc) is 2.49. The molecule has 0 saturated carbocycles. The minimum absolute atomic E-state index is 0.0702. The number of carbonyl (C=O) groups excluding carboxylic acids is 1. The minimum atomic E-state index is -0.474. The van der Waals surface area contributed by atoms with Gasteiger partial charge in [0.2, 0.25) is 0 Å². The monoisotopic (exact) mass is 312 g/mol. The Bertz CT molecular complexity index is 464. The lowest BCUT2D eigenvalue weighted by atomic mass is 10.0. The maximum atomic E-state index is 10.8. The zero-order valence-electron chi connectivity index (χ0n) is 14.1. The molecule has 0 aliphatic rings. The van der Waals surface area contributed by atoms with E-state index >= 15 is 0 Å². The number of aromatic hydroxyl groups is 2. The summed E-state index contributed by atoms with van der Waals surface area (Å²) in [4.78, 5) is 10.8. The van der Waals surface area contributed by atoms with E-state index in [1.54, 1.807) is 19.1 Å². The molecule has 0 aromatic heterocycles. The number of ether oxygens (including phenoxy) is 1. The molecule has 0 heterocycles. The normalized spacial score (nSPS) is 11.1. The summed E-state index contributed by atoms with van der Waals surface area (Å²) in [7, 11) is 1.31. The predicted octanol–water partition coefficient (Wildman–Crippen LogP) is 2.83. The molecule has 1 rings (SSSR count). The molecule has 0 aliphatic carbocycles. The molecule has 0 bridgehead atoms. The fraction of sp³-hybridized carbons (Fsp3) is 0.562. The van der Waals surface area contributed by atoms with Gasteiger partial charge >= 0.3 is 6.09 Å². The standard InChI is InChI=1S/C13H20N2O4.C3H8/c1-8-11(16)5-4-10(12(8)17)9(2)14-6-7-15-13(18)19-3;1-3-2/h4-5,9,14,16-17H,6-7H2,1-3H3,(H,15,18);3H2,1-2H3. The number of rotatable bonds is 5. The van der Waals surface area contributed by atoms with Crippen LogP contribution in [0.5, 0.6) is 11.5 Å². The first-order valence-corrected chi connectivity index (χ1v) is 7.45. The van der Waals surface area contributed by atoms with Gasteiger partial charge in [-0.05, 0) is 19.9 Å². The second-order valence-electron chi connectivity index (χ2n) is 4.95. The molecule has 126 valence electrons. The summed E-state index contributed by atoms with van der Waals surface area (Å²) in [5, 5.41) is 25.1. The minimum Gasteiger partial charge on any atom is -0.508 e. The van der Waals surface area contributed by atoms with E-state index in [1.807, 2.05) is 6.92 Å². The van der Waals surface area contributed by atoms with Gasteiger partial charge in [-0.3, -0.25) is 0 Å². The maximum absolute atomic E-state index is 10.8. The van der Waals surface area contributed by atoms with Crippen molar-refractivity contribution in [3.8, 4) is 11.5 Å². The molecular formula is C16H28N2O4. The third kappa shape index (κ3) is 6.67. The first kappa shape index (κ1) is 20.1. The smallest absolute Gasteiger partial charge is 0.406 e. The van der Waals surface area contributed by atoms with Gasteiger partial charge in [0, 0.05) is 30.3 Å². The van der Waals surface area contributed by atoms with Crippen molar-refractivity contribution in [3.05, 3.63) is 23.3 Å². The van der Waals surface area contributed by atoms with Gasteiger partial charge in [-0.25, -0.2) is 4.79 Å². The van der Waals surface area contributed by atoms with Gasteiger partial charge in [-0.2, -0.15) is 0 Å². The molecule has 0 radical (unpaired) electrons. The van der Waals surface area contributed by atoms with Crippen molar-refractivity contribution in [1.82, 2.24) is 10.6 Å². The number of phenolic OH excluding ortho intramolecular Hbond substituents is 2. The molecule has 1 aromatic carbocycles. The summed E-state index contributed by atoms with van der Waals surface area (Å²) in [5.41, 5.74) is 1.16. The highest BCUT2D eigenvalue weighted by Crippen LogP contribution is 2.32. The number of nitrogens with one attached hydrogen (secondary N) is 2. The average molecular weight is 312 g/mol. The Hall–Kier alpha value is -1.95. The number of amides is 1. The SMILES string of the molecule is CCC.COC(=O)NCCNC(C)c1ccc(O)c(C)c1O. The molecule has 6 nitrogen and oxygen atoms in total. The van der Waals surface area contributed by atoms with E-state index in [2.05, 4.69) is 29.2 Å². The van der Waals surface area contributed by atoms with Gasteiger partial charge in [0.1, 0.15) is 11.5 Å². The largest absolute Gasteiger partial charge is 0.508 e. The van der Waals surface area contributed by atoms with Gasteiger partial charge in [-0.15, -0.1) is 0 Å². The van der Waals surface area contributed by atoms with Crippen LogP contribution in [0.4, 0.5) is 4.79 Å². The quantitative estimate of drug-likeness (QED) is 0.628. The first-order chi connectivity index (χ1) is 10.4. The molecule has 6 heteroatoms. The third-order valence-corrected chi connectivity index (χ3v) is 2.93. The van der Waals surface area contributed by atoms with Crippen molar-refractivity contribution in [2.24, 2.45) is 0 Å². The van der Waals surface area contributed by atoms with Crippen LogP contribution in [0.15, 0.2) is 12.1 Å². The summed E-state index contributed by atoms with van der Waals surface area (Å²) < 4.78 is 4.44. The Morgan fingerprint density at radius 3 is 2.41 bits per heavy atom. The highest BCUT2D eigenvalue weighted by atomic mass is 16.5. The lowest BCUT2D eigenvalue weighted by Crippen LogP contribution is -2.32. The van der Waals surface area contributed by atoms with Crippen LogP contribution in [0.3, 0.4) is 0 Å². The van der Waals surface area contributed by atoms with Crippen molar-refractivity contribution in [2.75, 3.05) is 20.2 Å². The van der Waals surface area contributed by atoms with E-state index in [-0.39, 0.29) is 17.5 Å². The number of carbonyl (C=O) groups is 1. The van der Waals surface area contributed by atoms with Crippen LogP contribution in [-0.2, 0) is 4.74 Å². The number of hydrogen-bond donors (Lipinski definition) is 4. The van der Waals surface area contributed by atoms with Crippen LogP contribution in [0.25, 0.3) is 0 Å². The lowest BCUT2D eigenvalue weighted by molar-refractivity contribution is 0.171. The Morgan fingerprint density at radius 1 is 1.27 bits per heavy atom. The third-order valence-electron chi connectivity index (χ3n) is 2.93. The molecule has 1 amide bonds. The van der Waals surface area contributed by atoms with E-state index in [4.69, 9.17) is 0 Å². The van der Waals surface area contributed by atoms with Gasteiger partial charge < -0.3 is 25.6 Å². The van der Waals surface area contributed by atoms with Crippen LogP contribution in [0, 0.1) is 6.92 Å². The van der Waals surface area contributed by atoms with E-state index in [9.17, 15) is 15.0 Å². The number of alkyl carbamates (subject to hydrolysis) is 1. The summed E-state index contributed by atoms with van der Waals surface area (Å²) >= 11 is 0. The van der Waals surface area contributed by atoms with Gasteiger partial charge in [0.05, 0.1) is 7.11 Å². The summed E-state index contributed by atoms with van der Waals surface area (Å²) in [6, 6.07) is 3.12. The Labute approximate surface area is 132 Å². The van der Waals surface area contributed by atoms with E-state index < -0.39 is 6.09 Å². The Kier molecular flexibility index (Phi) is 9.78. The summed E-state index contributed by atoms with van der Waals surface area (Å²) in [6.07, 6.45) is 0.776. The van der Waals surface area contributed by atoms with E-state index in [0.29, 0.717) is 24.2 Å². The van der Waals surface area contributed by atoms with Crippen molar-refractivity contribution in [1.29, 1.82) is 0 Å². The van der Waals surface area contributed by atoms with Gasteiger partial charge in [-0.1, -0.05) is 26.3 Å². The molecular weight excluding hydrogens is 284 g/mol. The zero-order valence-corrected chi connectivity index (χ0v) is 14.1. The highest BCUT2D eigenvalue weighted by Gasteiger charge is 2.13. The maximum Gasteiger partial charge on any atom is 0.406 e. The Balaban J connectivity index is 0.00000135. The summed E-state index contributed by atoms with van der Waals surface area (Å²) in [5.74, 6) is 0.154. The van der Waals surface area contributed by atoms with Crippen molar-refractivity contribution < 1.29 is 19.7 Å². The lowest BCUT2D eigenvalue weighted by Gasteiger charge is -2.17. The van der Waals surface area contributed by atoms with E-state index in [0.717, 1.165) is 0 Å². The first-order valence-electron chi connectivity index (χ1n) is 7.45. The number of benzene rings is 1. The summed E-state index contributed by atoms with van der Waals surface area (Å²) in [6.45, 7) is 8.76. The molecule has 0 spiro atoms. The topological polar surface area (TPSA) is 90.8 Å². The number of phenols is 2. The van der Waals surface area contributed by atoms with Crippen molar-refractivity contribution in [3.63, 3.8) is 0 Å². The molecule has 1 unspecified atom stereocenters. The van der Waals surface area contributed by atoms with Gasteiger partial charge in [0.15, 0.2) is 0 Å².